The molecule has 0 spiro atoms. The van der Waals surface area contributed by atoms with Crippen molar-refractivity contribution in [3.63, 3.8) is 0 Å². The van der Waals surface area contributed by atoms with Crippen LogP contribution in [0.2, 0.25) is 0 Å². The molecular formula is C16H17BrO3. The van der Waals surface area contributed by atoms with E-state index in [-0.39, 0.29) is 12.4 Å². The molecule has 4 heteroatoms. The summed E-state index contributed by atoms with van der Waals surface area (Å²) in [5, 5.41) is 0.701. The first kappa shape index (κ1) is 15.0. The van der Waals surface area contributed by atoms with E-state index in [0.29, 0.717) is 23.7 Å². The minimum absolute atomic E-state index is 0.120. The first-order valence-electron chi connectivity index (χ1n) is 6.66. The quantitative estimate of drug-likeness (QED) is 0.358. The molecule has 0 saturated heterocycles. The maximum Gasteiger partial charge on any atom is 0.320 e. The smallest absolute Gasteiger partial charge is 0.320 e. The van der Waals surface area contributed by atoms with E-state index >= 15 is 0 Å². The summed E-state index contributed by atoms with van der Waals surface area (Å²) < 4.78 is 5.16. The third kappa shape index (κ3) is 2.57. The summed E-state index contributed by atoms with van der Waals surface area (Å²) in [7, 11) is 0. The monoisotopic (exact) mass is 336 g/mol. The maximum atomic E-state index is 12.7. The van der Waals surface area contributed by atoms with E-state index in [4.69, 9.17) is 4.74 Å². The Kier molecular flexibility index (Phi) is 4.76. The fraction of sp³-hybridized carbons (Fsp3) is 0.375. The largest absolute Gasteiger partial charge is 0.465 e. The van der Waals surface area contributed by atoms with Gasteiger partial charge in [-0.2, -0.15) is 0 Å². The summed E-state index contributed by atoms with van der Waals surface area (Å²) in [5.41, 5.74) is 0.490. The van der Waals surface area contributed by atoms with Crippen molar-refractivity contribution in [1.82, 2.24) is 0 Å². The number of benzene rings is 1. The standard InChI is InChI=1S/C16H17BrO3/c1-2-20-15(19)16(9-5-6-10-17)11-12-7-3-4-8-13(12)14(16)18/h3-8H,2,9-11H2,1H3/b6-5+/t16-/m1/s1. The van der Waals surface area contributed by atoms with Gasteiger partial charge in [0.05, 0.1) is 6.61 Å². The Hall–Kier alpha value is -1.42. The van der Waals surface area contributed by atoms with Gasteiger partial charge in [0.25, 0.3) is 0 Å². The lowest BCUT2D eigenvalue weighted by molar-refractivity contribution is -0.151. The van der Waals surface area contributed by atoms with Gasteiger partial charge in [0.2, 0.25) is 0 Å². The van der Waals surface area contributed by atoms with Crippen LogP contribution in [-0.4, -0.2) is 23.7 Å². The predicted octanol–water partition coefficient (Wildman–Crippen LogP) is 3.32. The third-order valence-electron chi connectivity index (χ3n) is 3.58. The topological polar surface area (TPSA) is 43.4 Å². The highest BCUT2D eigenvalue weighted by atomic mass is 79.9. The average molecular weight is 337 g/mol. The van der Waals surface area contributed by atoms with Gasteiger partial charge in [0.15, 0.2) is 5.78 Å². The minimum Gasteiger partial charge on any atom is -0.465 e. The number of fused-ring (bicyclic) bond motifs is 1. The number of allylic oxidation sites excluding steroid dienone is 2. The van der Waals surface area contributed by atoms with Gasteiger partial charge in [0, 0.05) is 10.9 Å². The van der Waals surface area contributed by atoms with Crippen LogP contribution in [0, 0.1) is 5.41 Å². The summed E-state index contributed by atoms with van der Waals surface area (Å²) in [6, 6.07) is 7.41. The summed E-state index contributed by atoms with van der Waals surface area (Å²) in [6.07, 6.45) is 4.57. The number of hydrogen-bond donors (Lipinski definition) is 0. The zero-order valence-electron chi connectivity index (χ0n) is 11.4. The lowest BCUT2D eigenvalue weighted by Gasteiger charge is -2.23. The van der Waals surface area contributed by atoms with Crippen LogP contribution in [0.15, 0.2) is 36.4 Å². The van der Waals surface area contributed by atoms with Crippen LogP contribution in [0.1, 0.15) is 29.3 Å². The number of rotatable bonds is 5. The number of Topliss-reactive ketones (excluding diaryl/α,β-unsaturated/α-hetero) is 1. The first-order valence-corrected chi connectivity index (χ1v) is 7.78. The molecule has 20 heavy (non-hydrogen) atoms. The fourth-order valence-electron chi connectivity index (χ4n) is 2.59. The van der Waals surface area contributed by atoms with E-state index in [1.165, 1.54) is 0 Å². The molecule has 0 heterocycles. The Morgan fingerprint density at radius 3 is 2.80 bits per heavy atom. The summed E-state index contributed by atoms with van der Waals surface area (Å²) >= 11 is 3.30. The van der Waals surface area contributed by atoms with Gasteiger partial charge in [0.1, 0.15) is 5.41 Å². The lowest BCUT2D eigenvalue weighted by Crippen LogP contribution is -2.38. The van der Waals surface area contributed by atoms with Crippen molar-refractivity contribution in [3.8, 4) is 0 Å². The van der Waals surface area contributed by atoms with E-state index in [9.17, 15) is 9.59 Å². The molecule has 0 N–H and O–H groups in total. The van der Waals surface area contributed by atoms with E-state index in [0.717, 1.165) is 5.56 Å². The molecule has 1 aliphatic rings. The number of halogens is 1. The van der Waals surface area contributed by atoms with Crippen LogP contribution in [0.25, 0.3) is 0 Å². The second-order valence-corrected chi connectivity index (χ2v) is 5.44. The summed E-state index contributed by atoms with van der Waals surface area (Å²) in [5.74, 6) is -0.536. The molecule has 3 nitrogen and oxygen atoms in total. The normalized spacial score (nSPS) is 21.2. The van der Waals surface area contributed by atoms with Gasteiger partial charge in [-0.25, -0.2) is 0 Å². The Bertz CT molecular complexity index is 550. The molecule has 0 unspecified atom stereocenters. The molecule has 0 saturated carbocycles. The van der Waals surface area contributed by atoms with Crippen LogP contribution < -0.4 is 0 Å². The molecule has 0 radical (unpaired) electrons. The molecule has 106 valence electrons. The number of ether oxygens (including phenoxy) is 1. The van der Waals surface area contributed by atoms with Crippen molar-refractivity contribution >= 4 is 27.7 Å². The van der Waals surface area contributed by atoms with Crippen molar-refractivity contribution in [2.24, 2.45) is 5.41 Å². The van der Waals surface area contributed by atoms with Crippen molar-refractivity contribution in [3.05, 3.63) is 47.5 Å². The molecule has 1 aromatic rings. The molecular weight excluding hydrogens is 320 g/mol. The van der Waals surface area contributed by atoms with Crippen molar-refractivity contribution < 1.29 is 14.3 Å². The van der Waals surface area contributed by atoms with Gasteiger partial charge in [-0.3, -0.25) is 9.59 Å². The molecule has 1 atom stereocenters. The molecule has 0 fully saturated rings. The lowest BCUT2D eigenvalue weighted by atomic mass is 9.80. The highest BCUT2D eigenvalue weighted by molar-refractivity contribution is 9.09. The van der Waals surface area contributed by atoms with Crippen LogP contribution in [0.4, 0.5) is 0 Å². The van der Waals surface area contributed by atoms with Crippen LogP contribution >= 0.6 is 15.9 Å². The molecule has 0 amide bonds. The predicted molar refractivity (Wildman–Crippen MR) is 81.1 cm³/mol. The second-order valence-electron chi connectivity index (χ2n) is 4.80. The first-order chi connectivity index (χ1) is 9.65. The molecule has 2 rings (SSSR count). The molecule has 0 bridgehead atoms. The van der Waals surface area contributed by atoms with Gasteiger partial charge < -0.3 is 4.74 Å². The summed E-state index contributed by atoms with van der Waals surface area (Å²) in [6.45, 7) is 2.04. The van der Waals surface area contributed by atoms with Gasteiger partial charge in [-0.1, -0.05) is 52.3 Å². The Morgan fingerprint density at radius 1 is 1.40 bits per heavy atom. The van der Waals surface area contributed by atoms with Crippen molar-refractivity contribution in [1.29, 1.82) is 0 Å². The highest BCUT2D eigenvalue weighted by Crippen LogP contribution is 2.41. The van der Waals surface area contributed by atoms with E-state index in [1.807, 2.05) is 30.4 Å². The molecule has 0 aromatic heterocycles. The number of carbonyl (C=O) groups is 2. The van der Waals surface area contributed by atoms with Crippen LogP contribution in [-0.2, 0) is 16.0 Å². The zero-order valence-corrected chi connectivity index (χ0v) is 13.0. The molecule has 1 aromatic carbocycles. The van der Waals surface area contributed by atoms with Gasteiger partial charge >= 0.3 is 5.97 Å². The van der Waals surface area contributed by atoms with Crippen molar-refractivity contribution in [2.75, 3.05) is 11.9 Å². The van der Waals surface area contributed by atoms with Crippen LogP contribution in [0.3, 0.4) is 0 Å². The molecule has 1 aliphatic carbocycles. The Labute approximate surface area is 127 Å². The fourth-order valence-corrected chi connectivity index (χ4v) is 2.85. The zero-order chi connectivity index (χ0) is 14.6. The SMILES string of the molecule is CCOC(=O)[C@]1(C/C=C/CBr)Cc2ccccc2C1=O. The van der Waals surface area contributed by atoms with E-state index < -0.39 is 11.4 Å². The number of carbonyl (C=O) groups excluding carboxylic acids is 2. The van der Waals surface area contributed by atoms with Crippen LogP contribution in [0.5, 0.6) is 0 Å². The van der Waals surface area contributed by atoms with Gasteiger partial charge in [-0.15, -0.1) is 0 Å². The summed E-state index contributed by atoms with van der Waals surface area (Å²) in [4.78, 5) is 25.0. The van der Waals surface area contributed by atoms with Crippen molar-refractivity contribution in [2.45, 2.75) is 19.8 Å². The average Bonchev–Trinajstić information content (AvgIpc) is 2.74. The molecule has 0 aliphatic heterocycles. The number of alkyl halides is 1. The minimum atomic E-state index is -1.08. The maximum absolute atomic E-state index is 12.7. The number of hydrogen-bond acceptors (Lipinski definition) is 3. The van der Waals surface area contributed by atoms with E-state index in [1.54, 1.807) is 13.0 Å². The second kappa shape index (κ2) is 6.35. The Balaban J connectivity index is 2.37. The highest BCUT2D eigenvalue weighted by Gasteiger charge is 2.51. The number of esters is 1. The number of ketones is 1. The Morgan fingerprint density at radius 2 is 2.15 bits per heavy atom. The van der Waals surface area contributed by atoms with E-state index in [2.05, 4.69) is 15.9 Å². The van der Waals surface area contributed by atoms with Gasteiger partial charge in [-0.05, 0) is 25.3 Å². The third-order valence-corrected chi connectivity index (χ3v) is 3.95.